The molecule has 142 valence electrons. The van der Waals surface area contributed by atoms with Gasteiger partial charge in [0.2, 0.25) is 0 Å². The average Bonchev–Trinajstić information content (AvgIpc) is 2.57. The lowest BCUT2D eigenvalue weighted by molar-refractivity contribution is -0.385. The molecule has 8 nitrogen and oxygen atoms in total. The maximum atomic E-state index is 11.2. The molecule has 0 bridgehead atoms. The number of piperazine rings is 1. The van der Waals surface area contributed by atoms with Crippen molar-refractivity contribution in [3.63, 3.8) is 0 Å². The topological polar surface area (TPSA) is 108 Å². The molecule has 9 heteroatoms. The molecule has 1 saturated heterocycles. The summed E-state index contributed by atoms with van der Waals surface area (Å²) >= 11 is 0. The Labute approximate surface area is 153 Å². The number of non-ortho nitro benzene ring substituents is 1. The van der Waals surface area contributed by atoms with Gasteiger partial charge < -0.3 is 20.3 Å². The molecule has 1 aromatic carbocycles. The first-order valence-electron chi connectivity index (χ1n) is 7.92. The monoisotopic (exact) mass is 375 g/mol. The minimum absolute atomic E-state index is 0. The second-order valence-electron chi connectivity index (χ2n) is 6.68. The van der Waals surface area contributed by atoms with Crippen molar-refractivity contribution < 1.29 is 19.9 Å². The molecule has 1 aliphatic rings. The van der Waals surface area contributed by atoms with Crippen LogP contribution in [0.1, 0.15) is 25.5 Å². The summed E-state index contributed by atoms with van der Waals surface area (Å²) in [7, 11) is 1.36. The predicted molar refractivity (Wildman–Crippen MR) is 96.6 cm³/mol. The van der Waals surface area contributed by atoms with E-state index in [0.29, 0.717) is 5.56 Å². The molecule has 1 aromatic rings. The highest BCUT2D eigenvalue weighted by atomic mass is 35.5. The van der Waals surface area contributed by atoms with E-state index in [4.69, 9.17) is 4.74 Å². The number of phenols is 1. The Balaban J connectivity index is 0.00000312. The number of phenolic OH excluding ortho intramolecular Hbond substituents is 1. The number of rotatable bonds is 6. The minimum Gasteiger partial charge on any atom is -0.504 e. The quantitative estimate of drug-likeness (QED) is 0.513. The molecule has 0 aromatic heterocycles. The Kier molecular flexibility index (Phi) is 7.43. The Morgan fingerprint density at radius 2 is 2.00 bits per heavy atom. The number of aromatic hydroxyl groups is 1. The molecule has 0 amide bonds. The van der Waals surface area contributed by atoms with Crippen molar-refractivity contribution in [2.24, 2.45) is 5.41 Å². The fraction of sp³-hybridized carbons (Fsp3) is 0.625. The van der Waals surface area contributed by atoms with E-state index >= 15 is 0 Å². The van der Waals surface area contributed by atoms with Gasteiger partial charge in [-0.15, -0.1) is 12.4 Å². The smallest absolute Gasteiger partial charge is 0.273 e. The normalized spacial score (nSPS) is 16.8. The summed E-state index contributed by atoms with van der Waals surface area (Å²) in [5, 5.41) is 35.0. The van der Waals surface area contributed by atoms with Gasteiger partial charge in [-0.3, -0.25) is 15.0 Å². The second kappa shape index (κ2) is 8.66. The van der Waals surface area contributed by atoms with E-state index in [9.17, 15) is 20.3 Å². The van der Waals surface area contributed by atoms with Gasteiger partial charge in [0.05, 0.1) is 18.1 Å². The summed E-state index contributed by atoms with van der Waals surface area (Å²) in [4.78, 5) is 12.9. The zero-order valence-electron chi connectivity index (χ0n) is 14.7. The Morgan fingerprint density at radius 3 is 2.48 bits per heavy atom. The fourth-order valence-corrected chi connectivity index (χ4v) is 3.22. The van der Waals surface area contributed by atoms with Crippen LogP contribution in [0.25, 0.3) is 0 Å². The van der Waals surface area contributed by atoms with Crippen molar-refractivity contribution >= 4 is 18.1 Å². The molecular weight excluding hydrogens is 350 g/mol. The van der Waals surface area contributed by atoms with Gasteiger partial charge >= 0.3 is 0 Å². The molecule has 1 aliphatic heterocycles. The van der Waals surface area contributed by atoms with E-state index in [2.05, 4.69) is 10.2 Å². The van der Waals surface area contributed by atoms with E-state index in [1.54, 1.807) is 0 Å². The number of nitro groups is 1. The number of ether oxygens (including phenoxy) is 1. The van der Waals surface area contributed by atoms with Crippen LogP contribution in [0.5, 0.6) is 11.5 Å². The van der Waals surface area contributed by atoms with E-state index in [-0.39, 0.29) is 42.2 Å². The van der Waals surface area contributed by atoms with Gasteiger partial charge in [-0.05, 0) is 0 Å². The molecule has 0 unspecified atom stereocenters. The molecule has 0 saturated carbocycles. The van der Waals surface area contributed by atoms with Gasteiger partial charge in [0.25, 0.3) is 5.69 Å². The van der Waals surface area contributed by atoms with Crippen molar-refractivity contribution in [3.8, 4) is 11.5 Å². The summed E-state index contributed by atoms with van der Waals surface area (Å²) in [5.74, 6) is -0.0544. The van der Waals surface area contributed by atoms with E-state index < -0.39 is 10.3 Å². The third kappa shape index (κ3) is 4.52. The summed E-state index contributed by atoms with van der Waals surface area (Å²) in [5.41, 5.74) is -0.342. The predicted octanol–water partition coefficient (Wildman–Crippen LogP) is 1.70. The lowest BCUT2D eigenvalue weighted by Crippen LogP contribution is -2.49. The van der Waals surface area contributed by atoms with Crippen molar-refractivity contribution in [2.45, 2.75) is 19.9 Å². The largest absolute Gasteiger partial charge is 0.504 e. The summed E-state index contributed by atoms with van der Waals surface area (Å²) in [6, 6.07) is 2.21. The summed E-state index contributed by atoms with van der Waals surface area (Å²) in [6.07, 6.45) is 0. The summed E-state index contributed by atoms with van der Waals surface area (Å²) < 4.78 is 5.11. The van der Waals surface area contributed by atoms with Crippen LogP contribution < -0.4 is 10.1 Å². The fourth-order valence-electron chi connectivity index (χ4n) is 3.22. The van der Waals surface area contributed by atoms with Crippen LogP contribution in [0.3, 0.4) is 0 Å². The number of nitro benzene ring substituents is 1. The standard InChI is InChI=1S/C16H25N3O5.ClH/c1-16(2,10-20)15(18-6-4-17-5-7-18)12-8-11(19(22)23)9-13(24-3)14(12)21;/h8-9,15,17,20-21H,4-7,10H2,1-3H3;1H/t15-;/m0./s1. The number of methoxy groups -OCH3 is 1. The minimum atomic E-state index is -0.602. The van der Waals surface area contributed by atoms with Crippen LogP contribution in [0, 0.1) is 15.5 Å². The number of benzene rings is 1. The van der Waals surface area contributed by atoms with Gasteiger partial charge in [0.15, 0.2) is 11.5 Å². The molecule has 1 fully saturated rings. The van der Waals surface area contributed by atoms with Gasteiger partial charge in [-0.1, -0.05) is 13.8 Å². The highest BCUT2D eigenvalue weighted by Gasteiger charge is 2.38. The first-order valence-corrected chi connectivity index (χ1v) is 7.92. The van der Waals surface area contributed by atoms with Crippen LogP contribution in [0.15, 0.2) is 12.1 Å². The number of aliphatic hydroxyl groups excluding tert-OH is 1. The highest BCUT2D eigenvalue weighted by molar-refractivity contribution is 5.85. The zero-order chi connectivity index (χ0) is 17.9. The third-order valence-electron chi connectivity index (χ3n) is 4.48. The molecule has 1 heterocycles. The van der Waals surface area contributed by atoms with E-state index in [1.165, 1.54) is 19.2 Å². The SMILES string of the molecule is COc1cc([N+](=O)[O-])cc([C@H](N2CCNCC2)C(C)(C)CO)c1O.Cl. The summed E-state index contributed by atoms with van der Waals surface area (Å²) in [6.45, 7) is 6.65. The maximum Gasteiger partial charge on any atom is 0.273 e. The third-order valence-corrected chi connectivity index (χ3v) is 4.48. The first-order chi connectivity index (χ1) is 11.3. The first kappa shape index (κ1) is 21.4. The molecule has 2 rings (SSSR count). The van der Waals surface area contributed by atoms with Gasteiger partial charge in [0.1, 0.15) is 0 Å². The van der Waals surface area contributed by atoms with Crippen LogP contribution >= 0.6 is 12.4 Å². The number of aliphatic hydroxyl groups is 1. The van der Waals surface area contributed by atoms with E-state index in [1.807, 2.05) is 13.8 Å². The van der Waals surface area contributed by atoms with Gasteiger partial charge in [0, 0.05) is 55.9 Å². The molecule has 25 heavy (non-hydrogen) atoms. The van der Waals surface area contributed by atoms with Gasteiger partial charge in [-0.2, -0.15) is 0 Å². The van der Waals surface area contributed by atoms with Crippen LogP contribution in [-0.2, 0) is 0 Å². The van der Waals surface area contributed by atoms with Crippen molar-refractivity contribution in [1.82, 2.24) is 10.2 Å². The van der Waals surface area contributed by atoms with Crippen LogP contribution in [-0.4, -0.2) is 59.9 Å². The van der Waals surface area contributed by atoms with Crippen LogP contribution in [0.2, 0.25) is 0 Å². The Hall–Kier alpha value is -1.61. The molecule has 1 atom stereocenters. The van der Waals surface area contributed by atoms with Crippen molar-refractivity contribution in [2.75, 3.05) is 39.9 Å². The second-order valence-corrected chi connectivity index (χ2v) is 6.68. The Bertz CT molecular complexity index is 606. The Morgan fingerprint density at radius 1 is 1.40 bits per heavy atom. The average molecular weight is 376 g/mol. The molecule has 0 aliphatic carbocycles. The van der Waals surface area contributed by atoms with Crippen molar-refractivity contribution in [3.05, 3.63) is 27.8 Å². The lowest BCUT2D eigenvalue weighted by Gasteiger charge is -2.43. The highest BCUT2D eigenvalue weighted by Crippen LogP contribution is 2.46. The molecule has 0 spiro atoms. The van der Waals surface area contributed by atoms with Crippen molar-refractivity contribution in [1.29, 1.82) is 0 Å². The molecule has 0 radical (unpaired) electrons. The number of nitrogens with zero attached hydrogens (tertiary/aromatic N) is 2. The van der Waals surface area contributed by atoms with Crippen LogP contribution in [0.4, 0.5) is 5.69 Å². The molecular formula is C16H26ClN3O5. The lowest BCUT2D eigenvalue weighted by atomic mass is 9.79. The number of halogens is 1. The number of nitrogens with one attached hydrogen (secondary N) is 1. The zero-order valence-corrected chi connectivity index (χ0v) is 15.5. The molecule has 3 N–H and O–H groups in total. The van der Waals surface area contributed by atoms with Gasteiger partial charge in [-0.25, -0.2) is 0 Å². The maximum absolute atomic E-state index is 11.2. The number of hydrogen-bond acceptors (Lipinski definition) is 7. The van der Waals surface area contributed by atoms with E-state index in [0.717, 1.165) is 26.2 Å². The number of hydrogen-bond donors (Lipinski definition) is 3.